The van der Waals surface area contributed by atoms with Crippen molar-refractivity contribution in [3.05, 3.63) is 20.3 Å². The van der Waals surface area contributed by atoms with Crippen molar-refractivity contribution in [3.63, 3.8) is 0 Å². The van der Waals surface area contributed by atoms with Crippen LogP contribution in [-0.4, -0.2) is 11.1 Å². The lowest BCUT2D eigenvalue weighted by molar-refractivity contribution is -0.136. The molecule has 1 aromatic heterocycles. The van der Waals surface area contributed by atoms with Crippen LogP contribution in [0.15, 0.2) is 10.5 Å². The topological polar surface area (TPSA) is 37.3 Å². The van der Waals surface area contributed by atoms with Gasteiger partial charge >= 0.3 is 5.97 Å². The second-order valence-electron chi connectivity index (χ2n) is 2.51. The number of rotatable bonds is 3. The maximum absolute atomic E-state index is 10.3. The largest absolute Gasteiger partial charge is 0.481 e. The van der Waals surface area contributed by atoms with Gasteiger partial charge in [0.05, 0.1) is 6.42 Å². The van der Waals surface area contributed by atoms with Gasteiger partial charge in [0.1, 0.15) is 0 Å². The van der Waals surface area contributed by atoms with Crippen molar-refractivity contribution in [2.45, 2.75) is 19.8 Å². The van der Waals surface area contributed by atoms with E-state index in [1.165, 1.54) is 4.88 Å². The minimum absolute atomic E-state index is 0.215. The number of carbonyl (C=O) groups is 1. The summed E-state index contributed by atoms with van der Waals surface area (Å²) in [5.74, 6) is -0.739. The van der Waals surface area contributed by atoms with Crippen molar-refractivity contribution in [3.8, 4) is 0 Å². The summed E-state index contributed by atoms with van der Waals surface area (Å²) in [6, 6.07) is 1.99. The van der Waals surface area contributed by atoms with Crippen molar-refractivity contribution in [1.82, 2.24) is 0 Å². The van der Waals surface area contributed by atoms with E-state index in [2.05, 4.69) is 15.9 Å². The second kappa shape index (κ2) is 4.05. The van der Waals surface area contributed by atoms with Gasteiger partial charge in [0.25, 0.3) is 0 Å². The standard InChI is InChI=1S/C8H9BrO2S/c1-5-7(9)4-6(12-5)2-3-8(10)11/h4H,2-3H2,1H3,(H,10,11). The fraction of sp³-hybridized carbons (Fsp3) is 0.375. The van der Waals surface area contributed by atoms with Crippen LogP contribution in [0, 0.1) is 6.92 Å². The molecular formula is C8H9BrO2S. The molecule has 1 rings (SSSR count). The van der Waals surface area contributed by atoms with Gasteiger partial charge in [-0.25, -0.2) is 0 Å². The first kappa shape index (κ1) is 9.74. The summed E-state index contributed by atoms with van der Waals surface area (Å²) >= 11 is 5.03. The monoisotopic (exact) mass is 248 g/mol. The van der Waals surface area contributed by atoms with E-state index in [4.69, 9.17) is 5.11 Å². The van der Waals surface area contributed by atoms with E-state index in [9.17, 15) is 4.79 Å². The molecule has 4 heteroatoms. The fourth-order valence-electron chi connectivity index (χ4n) is 0.871. The Labute approximate surface area is 83.4 Å². The summed E-state index contributed by atoms with van der Waals surface area (Å²) in [4.78, 5) is 12.6. The summed E-state index contributed by atoms with van der Waals surface area (Å²) in [5.41, 5.74) is 0. The molecule has 0 aromatic carbocycles. The number of carboxylic acid groups (broad SMARTS) is 1. The summed E-state index contributed by atoms with van der Waals surface area (Å²) in [6.45, 7) is 2.01. The molecule has 0 aliphatic heterocycles. The summed E-state index contributed by atoms with van der Waals surface area (Å²) in [5, 5.41) is 8.44. The third-order valence-electron chi connectivity index (χ3n) is 1.49. The summed E-state index contributed by atoms with van der Waals surface area (Å²) < 4.78 is 1.08. The number of carboxylic acids is 1. The fourth-order valence-corrected chi connectivity index (χ4v) is 2.47. The molecule has 2 nitrogen and oxygen atoms in total. The molecule has 0 radical (unpaired) electrons. The Hall–Kier alpha value is -0.350. The number of hydrogen-bond donors (Lipinski definition) is 1. The van der Waals surface area contributed by atoms with Gasteiger partial charge in [0, 0.05) is 14.2 Å². The van der Waals surface area contributed by atoms with Gasteiger partial charge in [0.15, 0.2) is 0 Å². The zero-order valence-corrected chi connectivity index (χ0v) is 9.04. The van der Waals surface area contributed by atoms with Crippen LogP contribution in [0.25, 0.3) is 0 Å². The lowest BCUT2D eigenvalue weighted by Gasteiger charge is -1.90. The molecule has 0 spiro atoms. The first-order chi connectivity index (χ1) is 5.59. The van der Waals surface area contributed by atoms with Crippen LogP contribution in [0.5, 0.6) is 0 Å². The predicted octanol–water partition coefficient (Wildman–Crippen LogP) is 2.84. The number of hydrogen-bond acceptors (Lipinski definition) is 2. The zero-order valence-electron chi connectivity index (χ0n) is 6.63. The molecule has 0 bridgehead atoms. The predicted molar refractivity (Wildman–Crippen MR) is 52.7 cm³/mol. The molecule has 66 valence electrons. The highest BCUT2D eigenvalue weighted by Gasteiger charge is 2.04. The van der Waals surface area contributed by atoms with Crippen LogP contribution in [0.3, 0.4) is 0 Å². The van der Waals surface area contributed by atoms with Gasteiger partial charge in [-0.2, -0.15) is 0 Å². The van der Waals surface area contributed by atoms with E-state index in [0.29, 0.717) is 6.42 Å². The van der Waals surface area contributed by atoms with Crippen molar-refractivity contribution < 1.29 is 9.90 Å². The zero-order chi connectivity index (χ0) is 9.14. The Morgan fingerprint density at radius 1 is 1.75 bits per heavy atom. The molecule has 0 saturated carbocycles. The first-order valence-electron chi connectivity index (χ1n) is 3.56. The lowest BCUT2D eigenvalue weighted by Crippen LogP contribution is -1.95. The van der Waals surface area contributed by atoms with Crippen LogP contribution < -0.4 is 0 Å². The van der Waals surface area contributed by atoms with Gasteiger partial charge < -0.3 is 5.11 Å². The van der Waals surface area contributed by atoms with E-state index < -0.39 is 5.97 Å². The molecule has 1 N–H and O–H groups in total. The average molecular weight is 249 g/mol. The Balaban J connectivity index is 2.58. The minimum Gasteiger partial charge on any atom is -0.481 e. The molecule has 1 aromatic rings. The second-order valence-corrected chi connectivity index (χ2v) is 4.71. The normalized spacial score (nSPS) is 10.2. The van der Waals surface area contributed by atoms with Crippen LogP contribution in [0.2, 0.25) is 0 Å². The van der Waals surface area contributed by atoms with Crippen LogP contribution in [0.1, 0.15) is 16.2 Å². The quantitative estimate of drug-likeness (QED) is 0.894. The van der Waals surface area contributed by atoms with Crippen molar-refractivity contribution in [1.29, 1.82) is 0 Å². The van der Waals surface area contributed by atoms with Crippen molar-refractivity contribution in [2.24, 2.45) is 0 Å². The third-order valence-corrected chi connectivity index (χ3v) is 3.69. The first-order valence-corrected chi connectivity index (χ1v) is 5.17. The van der Waals surface area contributed by atoms with Gasteiger partial charge in [-0.1, -0.05) is 0 Å². The smallest absolute Gasteiger partial charge is 0.303 e. The highest BCUT2D eigenvalue weighted by atomic mass is 79.9. The molecule has 0 atom stereocenters. The van der Waals surface area contributed by atoms with Gasteiger partial charge in [0.2, 0.25) is 0 Å². The van der Waals surface area contributed by atoms with Crippen molar-refractivity contribution in [2.75, 3.05) is 0 Å². The lowest BCUT2D eigenvalue weighted by atomic mass is 10.3. The number of halogens is 1. The van der Waals surface area contributed by atoms with Gasteiger partial charge in [-0.3, -0.25) is 4.79 Å². The van der Waals surface area contributed by atoms with E-state index >= 15 is 0 Å². The maximum Gasteiger partial charge on any atom is 0.303 e. The molecule has 0 aliphatic carbocycles. The average Bonchev–Trinajstić information content (AvgIpc) is 2.28. The maximum atomic E-state index is 10.3. The van der Waals surface area contributed by atoms with Crippen LogP contribution in [0.4, 0.5) is 0 Å². The molecule has 0 aliphatic rings. The number of aryl methyl sites for hydroxylation is 2. The summed E-state index contributed by atoms with van der Waals surface area (Å²) in [6.07, 6.45) is 0.846. The highest BCUT2D eigenvalue weighted by molar-refractivity contribution is 9.10. The van der Waals surface area contributed by atoms with Crippen molar-refractivity contribution >= 4 is 33.2 Å². The Morgan fingerprint density at radius 3 is 2.83 bits per heavy atom. The molecule has 0 saturated heterocycles. The van der Waals surface area contributed by atoms with E-state index in [1.54, 1.807) is 11.3 Å². The molecule has 1 heterocycles. The van der Waals surface area contributed by atoms with Crippen LogP contribution >= 0.6 is 27.3 Å². The SMILES string of the molecule is Cc1sc(CCC(=O)O)cc1Br. The van der Waals surface area contributed by atoms with E-state index in [-0.39, 0.29) is 6.42 Å². The van der Waals surface area contributed by atoms with Crippen LogP contribution in [-0.2, 0) is 11.2 Å². The molecule has 0 unspecified atom stereocenters. The number of aliphatic carboxylic acids is 1. The van der Waals surface area contributed by atoms with E-state index in [0.717, 1.165) is 9.35 Å². The molecular weight excluding hydrogens is 240 g/mol. The van der Waals surface area contributed by atoms with Gasteiger partial charge in [-0.05, 0) is 35.3 Å². The van der Waals surface area contributed by atoms with Gasteiger partial charge in [-0.15, -0.1) is 11.3 Å². The third kappa shape index (κ3) is 2.60. The Morgan fingerprint density at radius 2 is 2.42 bits per heavy atom. The number of thiophene rings is 1. The molecule has 0 amide bonds. The Kier molecular flexibility index (Phi) is 3.29. The minimum atomic E-state index is -0.739. The van der Waals surface area contributed by atoms with E-state index in [1.807, 2.05) is 13.0 Å². The molecule has 12 heavy (non-hydrogen) atoms. The molecule has 0 fully saturated rings. The Bertz CT molecular complexity index is 274. The highest BCUT2D eigenvalue weighted by Crippen LogP contribution is 2.26. The summed E-state index contributed by atoms with van der Waals surface area (Å²) in [7, 11) is 0.